The predicted octanol–water partition coefficient (Wildman–Crippen LogP) is 2.47. The molecule has 0 radical (unpaired) electrons. The number of carbonyl (C=O) groups excluding carboxylic acids is 1. The van der Waals surface area contributed by atoms with Crippen molar-refractivity contribution in [2.45, 2.75) is 25.9 Å². The first-order valence-corrected chi connectivity index (χ1v) is 7.51. The normalized spacial score (nSPS) is 15.6. The lowest BCUT2D eigenvalue weighted by molar-refractivity contribution is 0.0594. The second-order valence-electron chi connectivity index (χ2n) is 5.49. The molecule has 2 aromatic heterocycles. The largest absolute Gasteiger partial charge is 0.489 e. The fourth-order valence-corrected chi connectivity index (χ4v) is 2.56. The number of rotatable bonds is 3. The third-order valence-electron chi connectivity index (χ3n) is 3.82. The third-order valence-corrected chi connectivity index (χ3v) is 3.82. The van der Waals surface area contributed by atoms with Gasteiger partial charge in [0.1, 0.15) is 11.9 Å². The van der Waals surface area contributed by atoms with Gasteiger partial charge >= 0.3 is 0 Å². The third kappa shape index (κ3) is 3.42. The molecule has 0 spiro atoms. The topological polar surface area (TPSA) is 55.3 Å². The van der Waals surface area contributed by atoms with Crippen LogP contribution in [0.25, 0.3) is 0 Å². The van der Waals surface area contributed by atoms with E-state index in [4.69, 9.17) is 4.74 Å². The predicted molar refractivity (Wildman–Crippen MR) is 82.8 cm³/mol. The van der Waals surface area contributed by atoms with Gasteiger partial charge in [-0.25, -0.2) is 0 Å². The Balaban J connectivity index is 1.54. The van der Waals surface area contributed by atoms with E-state index in [2.05, 4.69) is 9.97 Å². The number of hydrogen-bond acceptors (Lipinski definition) is 4. The number of nitrogens with zero attached hydrogens (tertiary/aromatic N) is 3. The van der Waals surface area contributed by atoms with E-state index in [1.807, 2.05) is 24.0 Å². The molecule has 5 nitrogen and oxygen atoms in total. The lowest BCUT2D eigenvalue weighted by Gasteiger charge is -2.32. The van der Waals surface area contributed by atoms with Crippen LogP contribution in [0.5, 0.6) is 5.75 Å². The van der Waals surface area contributed by atoms with Crippen LogP contribution in [0.1, 0.15) is 28.9 Å². The van der Waals surface area contributed by atoms with Crippen LogP contribution < -0.4 is 4.74 Å². The fourth-order valence-electron chi connectivity index (χ4n) is 2.56. The van der Waals surface area contributed by atoms with E-state index in [0.717, 1.165) is 24.3 Å². The summed E-state index contributed by atoms with van der Waals surface area (Å²) in [6.45, 7) is 3.36. The molecule has 1 aliphatic heterocycles. The van der Waals surface area contributed by atoms with Gasteiger partial charge in [-0.3, -0.25) is 14.8 Å². The summed E-state index contributed by atoms with van der Waals surface area (Å²) in [4.78, 5) is 22.4. The highest BCUT2D eigenvalue weighted by atomic mass is 16.5. The first-order valence-electron chi connectivity index (χ1n) is 7.51. The van der Waals surface area contributed by atoms with Crippen LogP contribution in [-0.2, 0) is 0 Å². The van der Waals surface area contributed by atoms with Gasteiger partial charge in [-0.2, -0.15) is 0 Å². The van der Waals surface area contributed by atoms with Crippen LogP contribution in [0.4, 0.5) is 0 Å². The molecule has 0 aromatic carbocycles. The Kier molecular flexibility index (Phi) is 4.32. The van der Waals surface area contributed by atoms with Crippen molar-refractivity contribution in [3.8, 4) is 5.75 Å². The molecule has 0 unspecified atom stereocenters. The lowest BCUT2D eigenvalue weighted by Crippen LogP contribution is -2.41. The smallest absolute Gasteiger partial charge is 0.255 e. The maximum atomic E-state index is 12.3. The van der Waals surface area contributed by atoms with E-state index >= 15 is 0 Å². The van der Waals surface area contributed by atoms with E-state index < -0.39 is 0 Å². The van der Waals surface area contributed by atoms with Crippen molar-refractivity contribution in [2.24, 2.45) is 0 Å². The number of hydrogen-bond donors (Lipinski definition) is 0. The van der Waals surface area contributed by atoms with Crippen molar-refractivity contribution in [3.05, 3.63) is 54.1 Å². The molecule has 0 saturated carbocycles. The van der Waals surface area contributed by atoms with Crippen LogP contribution in [0, 0.1) is 6.92 Å². The molecule has 1 amide bonds. The molecule has 22 heavy (non-hydrogen) atoms. The van der Waals surface area contributed by atoms with Crippen molar-refractivity contribution < 1.29 is 9.53 Å². The second kappa shape index (κ2) is 6.56. The molecular formula is C17H19N3O2. The van der Waals surface area contributed by atoms with Gasteiger partial charge in [0.2, 0.25) is 0 Å². The summed E-state index contributed by atoms with van der Waals surface area (Å²) in [6, 6.07) is 7.47. The summed E-state index contributed by atoms with van der Waals surface area (Å²) >= 11 is 0. The zero-order valence-electron chi connectivity index (χ0n) is 12.6. The molecule has 3 rings (SSSR count). The standard InChI is InChI=1S/C17H19N3O2/c1-13-4-5-16(12-19-13)22-15-6-9-20(10-7-15)17(21)14-3-2-8-18-11-14/h2-5,8,11-12,15H,6-7,9-10H2,1H3. The highest BCUT2D eigenvalue weighted by Crippen LogP contribution is 2.19. The van der Waals surface area contributed by atoms with E-state index in [-0.39, 0.29) is 12.0 Å². The molecule has 1 aliphatic rings. The second-order valence-corrected chi connectivity index (χ2v) is 5.49. The van der Waals surface area contributed by atoms with Crippen molar-refractivity contribution in [1.82, 2.24) is 14.9 Å². The van der Waals surface area contributed by atoms with Crippen LogP contribution >= 0.6 is 0 Å². The first-order chi connectivity index (χ1) is 10.7. The Morgan fingerprint density at radius 2 is 2.05 bits per heavy atom. The Hall–Kier alpha value is -2.43. The number of likely N-dealkylation sites (tertiary alicyclic amines) is 1. The summed E-state index contributed by atoms with van der Waals surface area (Å²) in [6.07, 6.45) is 6.85. The number of aromatic nitrogens is 2. The minimum Gasteiger partial charge on any atom is -0.489 e. The van der Waals surface area contributed by atoms with Gasteiger partial charge in [-0.1, -0.05) is 0 Å². The maximum Gasteiger partial charge on any atom is 0.255 e. The van der Waals surface area contributed by atoms with Gasteiger partial charge in [-0.15, -0.1) is 0 Å². The van der Waals surface area contributed by atoms with Crippen molar-refractivity contribution >= 4 is 5.91 Å². The van der Waals surface area contributed by atoms with Crippen molar-refractivity contribution in [1.29, 1.82) is 0 Å². The van der Waals surface area contributed by atoms with Gasteiger partial charge in [-0.05, 0) is 31.2 Å². The Morgan fingerprint density at radius 1 is 1.23 bits per heavy atom. The highest BCUT2D eigenvalue weighted by molar-refractivity contribution is 5.93. The van der Waals surface area contributed by atoms with Crippen molar-refractivity contribution in [2.75, 3.05) is 13.1 Å². The molecule has 0 N–H and O–H groups in total. The number of carbonyl (C=O) groups is 1. The summed E-state index contributed by atoms with van der Waals surface area (Å²) in [5.41, 5.74) is 1.62. The molecule has 114 valence electrons. The quantitative estimate of drug-likeness (QED) is 0.873. The van der Waals surface area contributed by atoms with Gasteiger partial charge in [0.15, 0.2) is 0 Å². The van der Waals surface area contributed by atoms with E-state index in [9.17, 15) is 4.79 Å². The first kappa shape index (κ1) is 14.5. The summed E-state index contributed by atoms with van der Waals surface area (Å²) < 4.78 is 5.93. The molecule has 1 fully saturated rings. The van der Waals surface area contributed by atoms with Crippen LogP contribution in [0.2, 0.25) is 0 Å². The number of ether oxygens (including phenoxy) is 1. The fraction of sp³-hybridized carbons (Fsp3) is 0.353. The Labute approximate surface area is 130 Å². The minimum absolute atomic E-state index is 0.0450. The molecule has 0 aliphatic carbocycles. The van der Waals surface area contributed by atoms with Gasteiger partial charge in [0, 0.05) is 44.0 Å². The number of aryl methyl sites for hydroxylation is 1. The zero-order chi connectivity index (χ0) is 15.4. The number of amides is 1. The van der Waals surface area contributed by atoms with E-state index in [1.54, 1.807) is 30.7 Å². The summed E-state index contributed by atoms with van der Waals surface area (Å²) in [5.74, 6) is 0.839. The average molecular weight is 297 g/mol. The molecule has 5 heteroatoms. The Bertz CT molecular complexity index is 620. The van der Waals surface area contributed by atoms with Crippen LogP contribution in [0.3, 0.4) is 0 Å². The molecule has 0 bridgehead atoms. The molecule has 0 atom stereocenters. The molecular weight excluding hydrogens is 278 g/mol. The van der Waals surface area contributed by atoms with Crippen LogP contribution in [-0.4, -0.2) is 40.0 Å². The lowest BCUT2D eigenvalue weighted by atomic mass is 10.1. The van der Waals surface area contributed by atoms with Gasteiger partial charge < -0.3 is 9.64 Å². The number of piperidine rings is 1. The Morgan fingerprint density at radius 3 is 2.68 bits per heavy atom. The van der Waals surface area contributed by atoms with Crippen LogP contribution in [0.15, 0.2) is 42.9 Å². The SMILES string of the molecule is Cc1ccc(OC2CCN(C(=O)c3cccnc3)CC2)cn1. The van der Waals surface area contributed by atoms with E-state index in [0.29, 0.717) is 18.7 Å². The minimum atomic E-state index is 0.0450. The average Bonchev–Trinajstić information content (AvgIpc) is 2.58. The van der Waals surface area contributed by atoms with Gasteiger partial charge in [0.25, 0.3) is 5.91 Å². The van der Waals surface area contributed by atoms with Crippen molar-refractivity contribution in [3.63, 3.8) is 0 Å². The maximum absolute atomic E-state index is 12.3. The zero-order valence-corrected chi connectivity index (χ0v) is 12.6. The summed E-state index contributed by atoms with van der Waals surface area (Å²) in [5, 5.41) is 0. The van der Waals surface area contributed by atoms with Gasteiger partial charge in [0.05, 0.1) is 11.8 Å². The molecule has 1 saturated heterocycles. The monoisotopic (exact) mass is 297 g/mol. The summed E-state index contributed by atoms with van der Waals surface area (Å²) in [7, 11) is 0. The van der Waals surface area contributed by atoms with E-state index in [1.165, 1.54) is 0 Å². The molecule has 3 heterocycles. The number of pyridine rings is 2. The highest BCUT2D eigenvalue weighted by Gasteiger charge is 2.24. The molecule has 2 aromatic rings.